The molecule has 0 bridgehead atoms. The lowest BCUT2D eigenvalue weighted by molar-refractivity contribution is 0.1000. The molecule has 0 radical (unpaired) electrons. The summed E-state index contributed by atoms with van der Waals surface area (Å²) in [5, 5.41) is 8.82. The summed E-state index contributed by atoms with van der Waals surface area (Å²) < 4.78 is 32.0. The number of ketones is 2. The smallest absolute Gasteiger partial charge is 0.175 e. The Morgan fingerprint density at radius 3 is 1.90 bits per heavy atom. The molecule has 0 unspecified atom stereocenters. The lowest BCUT2D eigenvalue weighted by Gasteiger charge is -2.08. The lowest BCUT2D eigenvalue weighted by atomic mass is 10.1. The van der Waals surface area contributed by atoms with Crippen molar-refractivity contribution in [2.75, 3.05) is 0 Å². The second-order valence-electron chi connectivity index (χ2n) is 6.14. The van der Waals surface area contributed by atoms with Crippen LogP contribution in [-0.2, 0) is 6.61 Å². The molecule has 0 aliphatic heterocycles. The molecule has 0 aliphatic rings. The summed E-state index contributed by atoms with van der Waals surface area (Å²) >= 11 is 0. The number of rotatable bonds is 5. The predicted molar refractivity (Wildman–Crippen MR) is 105 cm³/mol. The van der Waals surface area contributed by atoms with E-state index in [0.717, 1.165) is 5.56 Å². The van der Waals surface area contributed by atoms with E-state index in [1.807, 2.05) is 30.3 Å². The van der Waals surface area contributed by atoms with E-state index in [1.165, 1.54) is 44.2 Å². The second kappa shape index (κ2) is 10.1. The monoisotopic (exact) mass is 398 g/mol. The van der Waals surface area contributed by atoms with Gasteiger partial charge in [0.15, 0.2) is 34.7 Å². The van der Waals surface area contributed by atoms with Crippen LogP contribution in [0.4, 0.5) is 8.78 Å². The topological polar surface area (TPSA) is 63.6 Å². The number of carbonyl (C=O) groups excluding carboxylic acids is 2. The van der Waals surface area contributed by atoms with Crippen molar-refractivity contribution in [1.82, 2.24) is 0 Å². The van der Waals surface area contributed by atoms with Gasteiger partial charge in [0, 0.05) is 0 Å². The maximum atomic E-state index is 13.9. The van der Waals surface area contributed by atoms with Gasteiger partial charge in [-0.05, 0) is 43.7 Å². The molecule has 0 amide bonds. The van der Waals surface area contributed by atoms with Gasteiger partial charge in [0.1, 0.15) is 6.61 Å². The van der Waals surface area contributed by atoms with Crippen LogP contribution in [0.25, 0.3) is 0 Å². The van der Waals surface area contributed by atoms with E-state index >= 15 is 0 Å². The molecule has 0 aromatic heterocycles. The minimum Gasteiger partial charge on any atom is -0.505 e. The van der Waals surface area contributed by atoms with Crippen molar-refractivity contribution in [3.8, 4) is 11.5 Å². The van der Waals surface area contributed by atoms with Gasteiger partial charge in [-0.3, -0.25) is 9.59 Å². The van der Waals surface area contributed by atoms with Gasteiger partial charge in [-0.25, -0.2) is 8.78 Å². The Hall–Kier alpha value is -3.54. The first-order chi connectivity index (χ1) is 13.8. The Morgan fingerprint density at radius 1 is 0.793 bits per heavy atom. The van der Waals surface area contributed by atoms with Crippen molar-refractivity contribution in [3.05, 3.63) is 95.1 Å². The first-order valence-corrected chi connectivity index (χ1v) is 8.75. The van der Waals surface area contributed by atoms with Gasteiger partial charge >= 0.3 is 0 Å². The summed E-state index contributed by atoms with van der Waals surface area (Å²) in [5.74, 6) is -2.53. The van der Waals surface area contributed by atoms with Crippen molar-refractivity contribution < 1.29 is 28.2 Å². The number of Topliss-reactive ketones (excluding diaryl/α,β-unsaturated/α-hetero) is 2. The molecule has 0 atom stereocenters. The van der Waals surface area contributed by atoms with Crippen LogP contribution >= 0.6 is 0 Å². The number of aromatic hydroxyl groups is 1. The first-order valence-electron chi connectivity index (χ1n) is 8.75. The summed E-state index contributed by atoms with van der Waals surface area (Å²) in [6.07, 6.45) is 0. The van der Waals surface area contributed by atoms with Crippen LogP contribution in [-0.4, -0.2) is 16.7 Å². The van der Waals surface area contributed by atoms with E-state index in [-0.39, 0.29) is 29.3 Å². The summed E-state index contributed by atoms with van der Waals surface area (Å²) in [6.45, 7) is 2.86. The van der Waals surface area contributed by atoms with Crippen LogP contribution in [0.2, 0.25) is 0 Å². The standard InChI is InChI=1S/C15H13FO2.C8H7FO2/c1-11(17)13-8-5-9-14(15(13)16)18-10-12-6-3-2-4-7-12;1-5(10)6-3-2-4-7(11)8(6)9/h2-9H,10H2,1H3;2-4,11H,1H3. The molecule has 3 aromatic rings. The molecule has 6 heteroatoms. The van der Waals surface area contributed by atoms with Crippen LogP contribution in [0.15, 0.2) is 66.7 Å². The Bertz CT molecular complexity index is 1000. The number of carbonyl (C=O) groups is 2. The fourth-order valence-electron chi connectivity index (χ4n) is 2.42. The fraction of sp³-hybridized carbons (Fsp3) is 0.130. The highest BCUT2D eigenvalue weighted by atomic mass is 19.1. The van der Waals surface area contributed by atoms with Crippen molar-refractivity contribution in [2.24, 2.45) is 0 Å². The molecule has 150 valence electrons. The molecule has 29 heavy (non-hydrogen) atoms. The zero-order valence-corrected chi connectivity index (χ0v) is 16.0. The van der Waals surface area contributed by atoms with Gasteiger partial charge < -0.3 is 9.84 Å². The molecule has 0 spiro atoms. The van der Waals surface area contributed by atoms with E-state index in [2.05, 4.69) is 0 Å². The third-order valence-electron chi connectivity index (χ3n) is 3.94. The quantitative estimate of drug-likeness (QED) is 0.589. The van der Waals surface area contributed by atoms with Crippen LogP contribution in [0.1, 0.15) is 40.1 Å². The van der Waals surface area contributed by atoms with Gasteiger partial charge in [0.05, 0.1) is 11.1 Å². The molecule has 3 aromatic carbocycles. The minimum absolute atomic E-state index is 0.0561. The SMILES string of the molecule is CC(=O)c1cccc(O)c1F.CC(=O)c1cccc(OCc2ccccc2)c1F. The van der Waals surface area contributed by atoms with Crippen LogP contribution in [0.5, 0.6) is 11.5 Å². The van der Waals surface area contributed by atoms with Crippen molar-refractivity contribution >= 4 is 11.6 Å². The number of benzene rings is 3. The van der Waals surface area contributed by atoms with Crippen LogP contribution < -0.4 is 4.74 Å². The maximum absolute atomic E-state index is 13.9. The van der Waals surface area contributed by atoms with Crippen LogP contribution in [0.3, 0.4) is 0 Å². The number of hydrogen-bond donors (Lipinski definition) is 1. The molecule has 0 saturated carbocycles. The Balaban J connectivity index is 0.000000234. The molecule has 0 aliphatic carbocycles. The largest absolute Gasteiger partial charge is 0.505 e. The summed E-state index contributed by atoms with van der Waals surface area (Å²) in [7, 11) is 0. The fourth-order valence-corrected chi connectivity index (χ4v) is 2.42. The normalized spacial score (nSPS) is 9.93. The molecular weight excluding hydrogens is 378 g/mol. The third-order valence-corrected chi connectivity index (χ3v) is 3.94. The van der Waals surface area contributed by atoms with Crippen molar-refractivity contribution in [3.63, 3.8) is 0 Å². The first kappa shape index (κ1) is 21.8. The van der Waals surface area contributed by atoms with Crippen molar-refractivity contribution in [2.45, 2.75) is 20.5 Å². The van der Waals surface area contributed by atoms with E-state index in [1.54, 1.807) is 6.07 Å². The second-order valence-corrected chi connectivity index (χ2v) is 6.14. The van der Waals surface area contributed by atoms with E-state index in [4.69, 9.17) is 9.84 Å². The number of halogens is 2. The third kappa shape index (κ3) is 5.97. The number of hydrogen-bond acceptors (Lipinski definition) is 4. The summed E-state index contributed by atoms with van der Waals surface area (Å²) in [4.78, 5) is 21.9. The van der Waals surface area contributed by atoms with Gasteiger partial charge in [0.25, 0.3) is 0 Å². The zero-order chi connectivity index (χ0) is 21.4. The van der Waals surface area contributed by atoms with E-state index in [0.29, 0.717) is 0 Å². The number of phenols is 1. The Labute approximate surface area is 167 Å². The van der Waals surface area contributed by atoms with Gasteiger partial charge in [0.2, 0.25) is 0 Å². The number of phenolic OH excluding ortho intramolecular Hbond substituents is 1. The van der Waals surface area contributed by atoms with Crippen LogP contribution in [0, 0.1) is 11.6 Å². The van der Waals surface area contributed by atoms with Gasteiger partial charge in [-0.1, -0.05) is 42.5 Å². The van der Waals surface area contributed by atoms with Gasteiger partial charge in [-0.2, -0.15) is 0 Å². The van der Waals surface area contributed by atoms with E-state index in [9.17, 15) is 18.4 Å². The molecule has 0 fully saturated rings. The average Bonchev–Trinajstić information content (AvgIpc) is 2.70. The highest BCUT2D eigenvalue weighted by Crippen LogP contribution is 2.22. The minimum atomic E-state index is -0.847. The summed E-state index contributed by atoms with van der Waals surface area (Å²) in [5.41, 5.74) is 0.927. The molecule has 0 heterocycles. The molecule has 1 N–H and O–H groups in total. The zero-order valence-electron chi connectivity index (χ0n) is 16.0. The molecule has 3 rings (SSSR count). The van der Waals surface area contributed by atoms with Crippen molar-refractivity contribution in [1.29, 1.82) is 0 Å². The van der Waals surface area contributed by atoms with Gasteiger partial charge in [-0.15, -0.1) is 0 Å². The summed E-state index contributed by atoms with van der Waals surface area (Å²) in [6, 6.07) is 18.0. The predicted octanol–water partition coefficient (Wildman–Crippen LogP) is 5.34. The molecule has 0 saturated heterocycles. The molecular formula is C23H20F2O4. The Kier molecular flexibility index (Phi) is 7.60. The molecule has 4 nitrogen and oxygen atoms in total. The Morgan fingerprint density at radius 2 is 1.34 bits per heavy atom. The highest BCUT2D eigenvalue weighted by Gasteiger charge is 2.12. The van der Waals surface area contributed by atoms with E-state index < -0.39 is 23.2 Å². The highest BCUT2D eigenvalue weighted by molar-refractivity contribution is 5.95. The maximum Gasteiger partial charge on any atom is 0.175 e. The average molecular weight is 398 g/mol. The lowest BCUT2D eigenvalue weighted by Crippen LogP contribution is -2.02. The number of ether oxygens (including phenoxy) is 1.